The van der Waals surface area contributed by atoms with Crippen LogP contribution < -0.4 is 4.90 Å². The predicted octanol–water partition coefficient (Wildman–Crippen LogP) is 4.78. The molecule has 0 bridgehead atoms. The van der Waals surface area contributed by atoms with Gasteiger partial charge in [0.25, 0.3) is 11.8 Å². The molecular formula is C21H19F3N2O2S. The minimum Gasteiger partial charge on any atom is -0.366 e. The van der Waals surface area contributed by atoms with E-state index in [0.717, 1.165) is 29.9 Å². The molecule has 4 nitrogen and oxygen atoms in total. The van der Waals surface area contributed by atoms with Crippen molar-refractivity contribution in [2.45, 2.75) is 25.9 Å². The number of anilines is 1. The largest absolute Gasteiger partial charge is 0.416 e. The number of likely N-dealkylation sites (tertiary alicyclic amines) is 1. The molecule has 0 spiro atoms. The first-order valence-corrected chi connectivity index (χ1v) is 10.2. The minimum absolute atomic E-state index is 0.141. The van der Waals surface area contributed by atoms with Crippen LogP contribution in [0.1, 0.15) is 30.2 Å². The van der Waals surface area contributed by atoms with Gasteiger partial charge in [0.1, 0.15) is 5.70 Å². The van der Waals surface area contributed by atoms with Gasteiger partial charge in [-0.05, 0) is 54.5 Å². The zero-order valence-electron chi connectivity index (χ0n) is 15.7. The lowest BCUT2D eigenvalue weighted by molar-refractivity contribution is -0.137. The average molecular weight is 420 g/mol. The van der Waals surface area contributed by atoms with Crippen LogP contribution in [0.25, 0.3) is 5.57 Å². The molecule has 2 aliphatic heterocycles. The molecule has 2 amide bonds. The maximum Gasteiger partial charge on any atom is 0.416 e. The smallest absolute Gasteiger partial charge is 0.366 e. The zero-order chi connectivity index (χ0) is 20.8. The van der Waals surface area contributed by atoms with Gasteiger partial charge in [-0.25, -0.2) is 4.90 Å². The summed E-state index contributed by atoms with van der Waals surface area (Å²) < 4.78 is 38.6. The molecule has 2 aromatic rings. The number of amides is 2. The number of carbonyl (C=O) groups excluding carboxylic acids is 2. The third kappa shape index (κ3) is 3.57. The van der Waals surface area contributed by atoms with Gasteiger partial charge in [-0.1, -0.05) is 13.0 Å². The van der Waals surface area contributed by atoms with Crippen molar-refractivity contribution in [1.82, 2.24) is 4.90 Å². The van der Waals surface area contributed by atoms with Crippen molar-refractivity contribution in [1.29, 1.82) is 0 Å². The molecule has 1 fully saturated rings. The predicted molar refractivity (Wildman–Crippen MR) is 105 cm³/mol. The number of piperidine rings is 1. The van der Waals surface area contributed by atoms with Gasteiger partial charge >= 0.3 is 6.18 Å². The Hall–Kier alpha value is -2.61. The summed E-state index contributed by atoms with van der Waals surface area (Å²) in [6, 6.07) is 7.72. The highest BCUT2D eigenvalue weighted by Gasteiger charge is 2.43. The van der Waals surface area contributed by atoms with Crippen molar-refractivity contribution < 1.29 is 22.8 Å². The summed E-state index contributed by atoms with van der Waals surface area (Å²) in [6.45, 7) is 3.45. The van der Waals surface area contributed by atoms with Gasteiger partial charge in [-0.3, -0.25) is 9.59 Å². The van der Waals surface area contributed by atoms with E-state index in [1.807, 2.05) is 16.3 Å². The monoisotopic (exact) mass is 420 g/mol. The third-order valence-electron chi connectivity index (χ3n) is 5.25. The van der Waals surface area contributed by atoms with Crippen LogP contribution in [0.15, 0.2) is 47.5 Å². The van der Waals surface area contributed by atoms with Gasteiger partial charge in [0, 0.05) is 18.0 Å². The Kier molecular flexibility index (Phi) is 4.98. The normalized spacial score (nSPS) is 20.8. The Morgan fingerprint density at radius 2 is 1.79 bits per heavy atom. The molecular weight excluding hydrogens is 401 g/mol. The van der Waals surface area contributed by atoms with Crippen molar-refractivity contribution in [3.8, 4) is 0 Å². The standard InChI is InChI=1S/C21H19F3N2O2S/c1-13-4-2-10-25(12-13)18-17(16-5-3-11-29-16)19(27)26(20(18)28)15-8-6-14(7-9-15)21(22,23)24/h3,5-9,11,13H,2,4,10,12H2,1H3. The Labute approximate surface area is 170 Å². The molecule has 1 atom stereocenters. The number of hydrogen-bond donors (Lipinski definition) is 0. The number of imide groups is 1. The molecule has 0 N–H and O–H groups in total. The highest BCUT2D eigenvalue weighted by molar-refractivity contribution is 7.11. The number of hydrogen-bond acceptors (Lipinski definition) is 4. The highest BCUT2D eigenvalue weighted by atomic mass is 32.1. The van der Waals surface area contributed by atoms with Gasteiger partial charge in [-0.15, -0.1) is 11.3 Å². The molecule has 1 saturated heterocycles. The van der Waals surface area contributed by atoms with E-state index in [2.05, 4.69) is 6.92 Å². The molecule has 8 heteroatoms. The van der Waals surface area contributed by atoms with Crippen LogP contribution in [0.2, 0.25) is 0 Å². The molecule has 0 aliphatic carbocycles. The molecule has 3 heterocycles. The van der Waals surface area contributed by atoms with Crippen LogP contribution in [0.5, 0.6) is 0 Å². The first-order valence-electron chi connectivity index (χ1n) is 9.36. The molecule has 29 heavy (non-hydrogen) atoms. The molecule has 4 rings (SSSR count). The van der Waals surface area contributed by atoms with E-state index in [1.54, 1.807) is 6.07 Å². The molecule has 0 radical (unpaired) electrons. The van der Waals surface area contributed by atoms with Gasteiger partial charge in [0.05, 0.1) is 16.8 Å². The second kappa shape index (κ2) is 7.33. The second-order valence-electron chi connectivity index (χ2n) is 7.38. The SMILES string of the molecule is CC1CCCN(C2=C(c3cccs3)C(=O)N(c3ccc(C(F)(F)F)cc3)C2=O)C1. The van der Waals surface area contributed by atoms with Crippen molar-refractivity contribution in [3.63, 3.8) is 0 Å². The van der Waals surface area contributed by atoms with E-state index in [0.29, 0.717) is 35.2 Å². The number of halogens is 3. The van der Waals surface area contributed by atoms with E-state index < -0.39 is 23.6 Å². The van der Waals surface area contributed by atoms with Crippen LogP contribution in [-0.2, 0) is 15.8 Å². The van der Waals surface area contributed by atoms with E-state index >= 15 is 0 Å². The van der Waals surface area contributed by atoms with Crippen LogP contribution in [0.4, 0.5) is 18.9 Å². The van der Waals surface area contributed by atoms with Gasteiger partial charge in [0.15, 0.2) is 0 Å². The van der Waals surface area contributed by atoms with Crippen LogP contribution in [0, 0.1) is 5.92 Å². The Bertz CT molecular complexity index is 965. The zero-order valence-corrected chi connectivity index (χ0v) is 16.5. The van der Waals surface area contributed by atoms with Gasteiger partial charge in [0.2, 0.25) is 0 Å². The number of thiophene rings is 1. The van der Waals surface area contributed by atoms with Crippen LogP contribution in [-0.4, -0.2) is 29.8 Å². The van der Waals surface area contributed by atoms with E-state index in [1.165, 1.54) is 23.5 Å². The lowest BCUT2D eigenvalue weighted by Crippen LogP contribution is -2.39. The lowest BCUT2D eigenvalue weighted by atomic mass is 9.99. The number of carbonyl (C=O) groups is 2. The van der Waals surface area contributed by atoms with Crippen LogP contribution in [0.3, 0.4) is 0 Å². The Morgan fingerprint density at radius 3 is 2.38 bits per heavy atom. The first kappa shape index (κ1) is 19.7. The fourth-order valence-electron chi connectivity index (χ4n) is 3.88. The second-order valence-corrected chi connectivity index (χ2v) is 8.33. The topological polar surface area (TPSA) is 40.6 Å². The fraction of sp³-hybridized carbons (Fsp3) is 0.333. The average Bonchev–Trinajstić information content (AvgIpc) is 3.27. The number of nitrogens with zero attached hydrogens (tertiary/aromatic N) is 2. The van der Waals surface area contributed by atoms with Crippen LogP contribution >= 0.6 is 11.3 Å². The molecule has 0 saturated carbocycles. The fourth-order valence-corrected chi connectivity index (χ4v) is 4.64. The Balaban J connectivity index is 1.74. The van der Waals surface area contributed by atoms with Gasteiger partial charge < -0.3 is 4.90 Å². The number of benzene rings is 1. The summed E-state index contributed by atoms with van der Waals surface area (Å²) in [5, 5.41) is 1.83. The molecule has 1 unspecified atom stereocenters. The van der Waals surface area contributed by atoms with Crippen molar-refractivity contribution >= 4 is 34.4 Å². The number of alkyl halides is 3. The van der Waals surface area contributed by atoms with Gasteiger partial charge in [-0.2, -0.15) is 13.2 Å². The highest BCUT2D eigenvalue weighted by Crippen LogP contribution is 2.38. The number of rotatable bonds is 3. The van der Waals surface area contributed by atoms with E-state index in [-0.39, 0.29) is 5.69 Å². The van der Waals surface area contributed by atoms with E-state index in [9.17, 15) is 22.8 Å². The summed E-state index contributed by atoms with van der Waals surface area (Å²) in [6.07, 6.45) is -2.50. The maximum absolute atomic E-state index is 13.3. The molecule has 152 valence electrons. The van der Waals surface area contributed by atoms with Crippen molar-refractivity contribution in [3.05, 3.63) is 57.9 Å². The van der Waals surface area contributed by atoms with Crippen molar-refractivity contribution in [2.75, 3.05) is 18.0 Å². The Morgan fingerprint density at radius 1 is 1.07 bits per heavy atom. The minimum atomic E-state index is -4.48. The lowest BCUT2D eigenvalue weighted by Gasteiger charge is -2.33. The van der Waals surface area contributed by atoms with E-state index in [4.69, 9.17) is 0 Å². The summed E-state index contributed by atoms with van der Waals surface area (Å²) in [4.78, 5) is 30.2. The summed E-state index contributed by atoms with van der Waals surface area (Å²) in [5.74, 6) is -0.582. The first-order chi connectivity index (χ1) is 13.8. The molecule has 1 aromatic carbocycles. The molecule has 2 aliphatic rings. The summed E-state index contributed by atoms with van der Waals surface area (Å²) in [5.41, 5.74) is 0.00173. The quantitative estimate of drug-likeness (QED) is 0.671. The summed E-state index contributed by atoms with van der Waals surface area (Å²) in [7, 11) is 0. The van der Waals surface area contributed by atoms with Crippen molar-refractivity contribution in [2.24, 2.45) is 5.92 Å². The third-order valence-corrected chi connectivity index (χ3v) is 6.14. The molecule has 1 aromatic heterocycles. The maximum atomic E-state index is 13.3. The summed E-state index contributed by atoms with van der Waals surface area (Å²) >= 11 is 1.36.